The summed E-state index contributed by atoms with van der Waals surface area (Å²) in [6.45, 7) is 0. The average Bonchev–Trinajstić information content (AvgIpc) is 2.31. The van der Waals surface area contributed by atoms with Gasteiger partial charge in [0.1, 0.15) is 29.1 Å². The maximum Gasteiger partial charge on any atom is 0.133 e. The van der Waals surface area contributed by atoms with Gasteiger partial charge in [-0.15, -0.1) is 11.6 Å². The Morgan fingerprint density at radius 2 is 1.35 bits per heavy atom. The minimum atomic E-state index is -1.24. The SMILES string of the molecule is Fc1ccc(CC(Cl)c2c(F)cc(F)cc2F)c(F)c1. The van der Waals surface area contributed by atoms with Gasteiger partial charge < -0.3 is 0 Å². The number of benzene rings is 2. The predicted octanol–water partition coefficient (Wildman–Crippen LogP) is 4.90. The third kappa shape index (κ3) is 3.10. The van der Waals surface area contributed by atoms with E-state index in [0.29, 0.717) is 18.2 Å². The fraction of sp³-hybridized carbons (Fsp3) is 0.143. The van der Waals surface area contributed by atoms with Gasteiger partial charge in [0.05, 0.1) is 5.38 Å². The van der Waals surface area contributed by atoms with Crippen LogP contribution in [0.5, 0.6) is 0 Å². The van der Waals surface area contributed by atoms with Crippen LogP contribution in [0.3, 0.4) is 0 Å². The Hall–Kier alpha value is -1.62. The van der Waals surface area contributed by atoms with E-state index in [2.05, 4.69) is 0 Å². The van der Waals surface area contributed by atoms with Gasteiger partial charge in [0, 0.05) is 23.8 Å². The molecule has 2 aromatic rings. The number of halogens is 6. The first kappa shape index (κ1) is 14.8. The van der Waals surface area contributed by atoms with Gasteiger partial charge >= 0.3 is 0 Å². The number of alkyl halides is 1. The molecule has 20 heavy (non-hydrogen) atoms. The molecular weight excluding hydrogens is 299 g/mol. The third-order valence-electron chi connectivity index (χ3n) is 2.77. The second-order valence-electron chi connectivity index (χ2n) is 4.19. The van der Waals surface area contributed by atoms with Crippen LogP contribution in [-0.2, 0) is 6.42 Å². The molecule has 1 atom stereocenters. The minimum absolute atomic E-state index is 0.00882. The summed E-state index contributed by atoms with van der Waals surface area (Å²) in [4.78, 5) is 0. The molecule has 2 rings (SSSR count). The number of rotatable bonds is 3. The van der Waals surface area contributed by atoms with Crippen LogP contribution in [0.25, 0.3) is 0 Å². The lowest BCUT2D eigenvalue weighted by Gasteiger charge is -2.13. The molecule has 0 spiro atoms. The molecule has 2 aromatic carbocycles. The van der Waals surface area contributed by atoms with E-state index in [0.717, 1.165) is 12.1 Å². The molecule has 6 heteroatoms. The first-order valence-corrected chi connectivity index (χ1v) is 6.04. The van der Waals surface area contributed by atoms with Gasteiger partial charge in [-0.05, 0) is 18.1 Å². The standard InChI is InChI=1S/C14H8ClF5/c15-10(3-7-1-2-8(16)4-11(7)18)14-12(19)5-9(17)6-13(14)20/h1-2,4-6,10H,3H2. The Labute approximate surface area is 116 Å². The van der Waals surface area contributed by atoms with Crippen molar-refractivity contribution >= 4 is 11.6 Å². The van der Waals surface area contributed by atoms with Crippen LogP contribution in [0, 0.1) is 29.1 Å². The first-order chi connectivity index (χ1) is 9.38. The van der Waals surface area contributed by atoms with Crippen molar-refractivity contribution in [3.8, 4) is 0 Å². The van der Waals surface area contributed by atoms with E-state index in [1.54, 1.807) is 0 Å². The third-order valence-corrected chi connectivity index (χ3v) is 3.14. The molecule has 0 saturated heterocycles. The molecule has 1 unspecified atom stereocenters. The average molecular weight is 307 g/mol. The van der Waals surface area contributed by atoms with E-state index >= 15 is 0 Å². The predicted molar refractivity (Wildman–Crippen MR) is 65.0 cm³/mol. The molecule has 0 heterocycles. The van der Waals surface area contributed by atoms with Crippen LogP contribution in [-0.4, -0.2) is 0 Å². The first-order valence-electron chi connectivity index (χ1n) is 5.61. The zero-order chi connectivity index (χ0) is 14.9. The summed E-state index contributed by atoms with van der Waals surface area (Å²) in [5, 5.41) is -1.24. The second kappa shape index (κ2) is 5.79. The molecule has 0 saturated carbocycles. The van der Waals surface area contributed by atoms with Crippen molar-refractivity contribution in [2.24, 2.45) is 0 Å². The highest BCUT2D eigenvalue weighted by molar-refractivity contribution is 6.21. The highest BCUT2D eigenvalue weighted by Gasteiger charge is 2.21. The molecule has 0 fully saturated rings. The van der Waals surface area contributed by atoms with Gasteiger partial charge in [-0.1, -0.05) is 6.07 Å². The fourth-order valence-corrected chi connectivity index (χ4v) is 2.21. The topological polar surface area (TPSA) is 0 Å². The summed E-state index contributed by atoms with van der Waals surface area (Å²) >= 11 is 5.85. The molecule has 0 radical (unpaired) electrons. The van der Waals surface area contributed by atoms with Gasteiger partial charge in [0.15, 0.2) is 0 Å². The van der Waals surface area contributed by atoms with Crippen molar-refractivity contribution in [3.63, 3.8) is 0 Å². The largest absolute Gasteiger partial charge is 0.207 e. The molecule has 106 valence electrons. The fourth-order valence-electron chi connectivity index (χ4n) is 1.83. The van der Waals surface area contributed by atoms with Crippen LogP contribution in [0.15, 0.2) is 30.3 Å². The van der Waals surface area contributed by atoms with Crippen molar-refractivity contribution in [2.75, 3.05) is 0 Å². The summed E-state index contributed by atoms with van der Waals surface area (Å²) in [5.74, 6) is -4.99. The monoisotopic (exact) mass is 306 g/mol. The molecule has 0 nitrogen and oxygen atoms in total. The summed E-state index contributed by atoms with van der Waals surface area (Å²) in [7, 11) is 0. The molecule has 0 aliphatic rings. The van der Waals surface area contributed by atoms with E-state index in [-0.39, 0.29) is 12.0 Å². The molecule has 0 amide bonds. The highest BCUT2D eigenvalue weighted by atomic mass is 35.5. The highest BCUT2D eigenvalue weighted by Crippen LogP contribution is 2.30. The Morgan fingerprint density at radius 3 is 1.90 bits per heavy atom. The van der Waals surface area contributed by atoms with E-state index in [9.17, 15) is 22.0 Å². The maximum absolute atomic E-state index is 13.5. The van der Waals surface area contributed by atoms with E-state index < -0.39 is 40.0 Å². The zero-order valence-electron chi connectivity index (χ0n) is 9.94. The summed E-state index contributed by atoms with van der Waals surface area (Å²) < 4.78 is 66.0. The van der Waals surface area contributed by atoms with Crippen molar-refractivity contribution < 1.29 is 22.0 Å². The van der Waals surface area contributed by atoms with Crippen LogP contribution in [0.4, 0.5) is 22.0 Å². The number of hydrogen-bond acceptors (Lipinski definition) is 0. The smallest absolute Gasteiger partial charge is 0.133 e. The Balaban J connectivity index is 2.31. The Morgan fingerprint density at radius 1 is 0.800 bits per heavy atom. The van der Waals surface area contributed by atoms with Gasteiger partial charge in [-0.25, -0.2) is 22.0 Å². The summed E-state index contributed by atoms with van der Waals surface area (Å²) in [5.41, 5.74) is -0.536. The summed E-state index contributed by atoms with van der Waals surface area (Å²) in [6, 6.07) is 3.79. The normalized spacial score (nSPS) is 12.5. The van der Waals surface area contributed by atoms with Crippen LogP contribution < -0.4 is 0 Å². The minimum Gasteiger partial charge on any atom is -0.207 e. The second-order valence-corrected chi connectivity index (χ2v) is 4.72. The van der Waals surface area contributed by atoms with Crippen LogP contribution in [0.2, 0.25) is 0 Å². The number of hydrogen-bond donors (Lipinski definition) is 0. The lowest BCUT2D eigenvalue weighted by atomic mass is 10.0. The van der Waals surface area contributed by atoms with Crippen LogP contribution >= 0.6 is 11.6 Å². The quantitative estimate of drug-likeness (QED) is 0.558. The van der Waals surface area contributed by atoms with E-state index in [1.807, 2.05) is 0 Å². The van der Waals surface area contributed by atoms with Gasteiger partial charge in [0.2, 0.25) is 0 Å². The Bertz CT molecular complexity index is 618. The molecule has 0 aliphatic heterocycles. The zero-order valence-corrected chi connectivity index (χ0v) is 10.7. The van der Waals surface area contributed by atoms with Gasteiger partial charge in [-0.2, -0.15) is 0 Å². The molecule has 0 bridgehead atoms. The Kier molecular flexibility index (Phi) is 4.28. The van der Waals surface area contributed by atoms with Gasteiger partial charge in [-0.3, -0.25) is 0 Å². The van der Waals surface area contributed by atoms with E-state index in [4.69, 9.17) is 11.6 Å². The summed E-state index contributed by atoms with van der Waals surface area (Å²) in [6.07, 6.45) is -0.257. The molecule has 0 N–H and O–H groups in total. The van der Waals surface area contributed by atoms with Crippen molar-refractivity contribution in [1.29, 1.82) is 0 Å². The molecule has 0 aromatic heterocycles. The van der Waals surface area contributed by atoms with E-state index in [1.165, 1.54) is 0 Å². The lowest BCUT2D eigenvalue weighted by molar-refractivity contribution is 0.517. The van der Waals surface area contributed by atoms with Crippen molar-refractivity contribution in [3.05, 3.63) is 70.5 Å². The lowest BCUT2D eigenvalue weighted by Crippen LogP contribution is -2.05. The maximum atomic E-state index is 13.5. The van der Waals surface area contributed by atoms with Crippen molar-refractivity contribution in [2.45, 2.75) is 11.8 Å². The molecule has 0 aliphatic carbocycles. The van der Waals surface area contributed by atoms with Gasteiger partial charge in [0.25, 0.3) is 0 Å². The van der Waals surface area contributed by atoms with Crippen LogP contribution in [0.1, 0.15) is 16.5 Å². The van der Waals surface area contributed by atoms with Crippen molar-refractivity contribution in [1.82, 2.24) is 0 Å². The molecular formula is C14H8ClF5.